The van der Waals surface area contributed by atoms with Gasteiger partial charge in [0.15, 0.2) is 0 Å². The summed E-state index contributed by atoms with van der Waals surface area (Å²) >= 11 is 1.67. The summed E-state index contributed by atoms with van der Waals surface area (Å²) in [7, 11) is 1.71. The van der Waals surface area contributed by atoms with E-state index in [1.165, 1.54) is 4.88 Å². The van der Waals surface area contributed by atoms with Crippen LogP contribution < -0.4 is 0 Å². The van der Waals surface area contributed by atoms with Crippen LogP contribution in [0.25, 0.3) is 0 Å². The van der Waals surface area contributed by atoms with Crippen LogP contribution in [-0.4, -0.2) is 48.2 Å². The number of ether oxygens (including phenoxy) is 1. The number of amides is 1. The highest BCUT2D eigenvalue weighted by Gasteiger charge is 2.33. The Morgan fingerprint density at radius 2 is 2.12 bits per heavy atom. The number of halogens is 1. The second kappa shape index (κ2) is 8.45. The summed E-state index contributed by atoms with van der Waals surface area (Å²) in [5.41, 5.74) is 0.952. The molecule has 0 unspecified atom stereocenters. The Morgan fingerprint density at radius 3 is 2.84 bits per heavy atom. The Morgan fingerprint density at radius 1 is 1.32 bits per heavy atom. The molecule has 1 aromatic heterocycles. The molecule has 2 aromatic rings. The number of carbonyl (C=O) groups excluding carboxylic acids is 1. The molecule has 134 valence electrons. The predicted octanol–water partition coefficient (Wildman–Crippen LogP) is 3.93. The first kappa shape index (κ1) is 17.9. The number of likely N-dealkylation sites (tertiary alicyclic amines) is 1. The van der Waals surface area contributed by atoms with Crippen LogP contribution in [0.4, 0.5) is 9.18 Å². The van der Waals surface area contributed by atoms with E-state index in [9.17, 15) is 9.18 Å². The zero-order chi connectivity index (χ0) is 17.6. The third kappa shape index (κ3) is 5.03. The summed E-state index contributed by atoms with van der Waals surface area (Å²) in [5, 5.41) is 2.03. The van der Waals surface area contributed by atoms with Crippen molar-refractivity contribution in [1.82, 2.24) is 9.80 Å². The summed E-state index contributed by atoms with van der Waals surface area (Å²) < 4.78 is 19.2. The Hall–Kier alpha value is -1.92. The van der Waals surface area contributed by atoms with Crippen LogP contribution in [0.2, 0.25) is 0 Å². The molecule has 0 radical (unpaired) electrons. The molecule has 0 bridgehead atoms. The van der Waals surface area contributed by atoms with E-state index in [0.717, 1.165) is 12.1 Å². The van der Waals surface area contributed by atoms with Gasteiger partial charge in [-0.2, -0.15) is 0 Å². The standard InChI is InChI=1S/C19H23FN2O2S/c1-21(19(23)24-14-15-6-3-2-4-7-15)12-17-10-16(20)11-22(17)13-18-8-5-9-25-18/h2-9,16-17H,10-14H2,1H3/t16-,17-/m0/s1. The van der Waals surface area contributed by atoms with Crippen molar-refractivity contribution in [2.24, 2.45) is 0 Å². The Balaban J connectivity index is 1.51. The van der Waals surface area contributed by atoms with E-state index in [1.54, 1.807) is 23.3 Å². The van der Waals surface area contributed by atoms with Gasteiger partial charge in [0, 0.05) is 37.6 Å². The first-order chi connectivity index (χ1) is 12.1. The second-order valence-electron chi connectivity index (χ2n) is 6.42. The predicted molar refractivity (Wildman–Crippen MR) is 97.3 cm³/mol. The zero-order valence-corrected chi connectivity index (χ0v) is 15.1. The topological polar surface area (TPSA) is 32.8 Å². The SMILES string of the molecule is CN(C[C@@H]1C[C@H](F)CN1Cc1cccs1)C(=O)OCc1ccccc1. The second-order valence-corrected chi connectivity index (χ2v) is 7.45. The summed E-state index contributed by atoms with van der Waals surface area (Å²) in [6.45, 7) is 1.88. The molecule has 25 heavy (non-hydrogen) atoms. The monoisotopic (exact) mass is 362 g/mol. The van der Waals surface area contributed by atoms with E-state index < -0.39 is 6.17 Å². The van der Waals surface area contributed by atoms with E-state index in [0.29, 0.717) is 19.5 Å². The first-order valence-electron chi connectivity index (χ1n) is 8.44. The fraction of sp³-hybridized carbons (Fsp3) is 0.421. The number of carbonyl (C=O) groups is 1. The van der Waals surface area contributed by atoms with Gasteiger partial charge in [0.2, 0.25) is 0 Å². The molecular weight excluding hydrogens is 339 g/mol. The molecule has 4 nitrogen and oxygen atoms in total. The van der Waals surface area contributed by atoms with Crippen molar-refractivity contribution in [2.45, 2.75) is 31.8 Å². The number of benzene rings is 1. The van der Waals surface area contributed by atoms with Crippen molar-refractivity contribution in [1.29, 1.82) is 0 Å². The Bertz CT molecular complexity index is 665. The van der Waals surface area contributed by atoms with Crippen LogP contribution in [0.3, 0.4) is 0 Å². The van der Waals surface area contributed by atoms with E-state index in [1.807, 2.05) is 41.8 Å². The normalized spacial score (nSPS) is 20.6. The summed E-state index contributed by atoms with van der Waals surface area (Å²) in [5.74, 6) is 0. The van der Waals surface area contributed by atoms with Crippen LogP contribution in [0.5, 0.6) is 0 Å². The fourth-order valence-corrected chi connectivity index (χ4v) is 3.86. The van der Waals surface area contributed by atoms with E-state index >= 15 is 0 Å². The van der Waals surface area contributed by atoms with Gasteiger partial charge in [0.1, 0.15) is 12.8 Å². The average molecular weight is 362 g/mol. The van der Waals surface area contributed by atoms with Gasteiger partial charge >= 0.3 is 6.09 Å². The molecule has 0 N–H and O–H groups in total. The first-order valence-corrected chi connectivity index (χ1v) is 9.32. The maximum Gasteiger partial charge on any atom is 0.409 e. The van der Waals surface area contributed by atoms with E-state index in [2.05, 4.69) is 11.0 Å². The summed E-state index contributed by atoms with van der Waals surface area (Å²) in [6.07, 6.45) is -0.747. The quantitative estimate of drug-likeness (QED) is 0.781. The van der Waals surface area contributed by atoms with Crippen LogP contribution in [0, 0.1) is 0 Å². The maximum absolute atomic E-state index is 13.9. The highest BCUT2D eigenvalue weighted by molar-refractivity contribution is 7.09. The lowest BCUT2D eigenvalue weighted by atomic mass is 10.2. The van der Waals surface area contributed by atoms with Crippen LogP contribution in [0.15, 0.2) is 47.8 Å². The largest absolute Gasteiger partial charge is 0.445 e. The lowest BCUT2D eigenvalue weighted by Gasteiger charge is -2.27. The average Bonchev–Trinajstić information content (AvgIpc) is 3.24. The molecule has 1 aromatic carbocycles. The molecule has 1 fully saturated rings. The number of thiophene rings is 1. The Labute approximate surface area is 151 Å². The number of nitrogens with zero attached hydrogens (tertiary/aromatic N) is 2. The lowest BCUT2D eigenvalue weighted by Crippen LogP contribution is -2.41. The van der Waals surface area contributed by atoms with Crippen molar-refractivity contribution in [3.8, 4) is 0 Å². The Kier molecular flexibility index (Phi) is 6.04. The van der Waals surface area contributed by atoms with Crippen molar-refractivity contribution < 1.29 is 13.9 Å². The van der Waals surface area contributed by atoms with Gasteiger partial charge in [-0.1, -0.05) is 36.4 Å². The molecule has 1 aliphatic rings. The minimum absolute atomic E-state index is 0.0198. The van der Waals surface area contributed by atoms with Gasteiger partial charge in [0.25, 0.3) is 0 Å². The van der Waals surface area contributed by atoms with E-state index in [-0.39, 0.29) is 18.7 Å². The minimum atomic E-state index is -0.835. The summed E-state index contributed by atoms with van der Waals surface area (Å²) in [4.78, 5) is 17.1. The number of hydrogen-bond donors (Lipinski definition) is 0. The van der Waals surface area contributed by atoms with E-state index in [4.69, 9.17) is 4.74 Å². The molecule has 1 amide bonds. The molecule has 1 saturated heterocycles. The van der Waals surface area contributed by atoms with Crippen molar-refractivity contribution in [2.75, 3.05) is 20.1 Å². The molecule has 6 heteroatoms. The number of rotatable bonds is 6. The maximum atomic E-state index is 13.9. The van der Waals surface area contributed by atoms with Crippen LogP contribution >= 0.6 is 11.3 Å². The van der Waals surface area contributed by atoms with Gasteiger partial charge in [-0.25, -0.2) is 9.18 Å². The molecule has 3 rings (SSSR count). The molecule has 1 aliphatic heterocycles. The summed E-state index contributed by atoms with van der Waals surface area (Å²) in [6, 6.07) is 13.7. The molecule has 2 atom stereocenters. The smallest absolute Gasteiger partial charge is 0.409 e. The highest BCUT2D eigenvalue weighted by atomic mass is 32.1. The molecular formula is C19H23FN2O2S. The van der Waals surface area contributed by atoms with Crippen molar-refractivity contribution >= 4 is 17.4 Å². The van der Waals surface area contributed by atoms with Gasteiger partial charge in [0.05, 0.1) is 0 Å². The fourth-order valence-electron chi connectivity index (χ4n) is 3.13. The van der Waals surface area contributed by atoms with Crippen molar-refractivity contribution in [3.63, 3.8) is 0 Å². The molecule has 0 saturated carbocycles. The third-order valence-electron chi connectivity index (χ3n) is 4.42. The van der Waals surface area contributed by atoms with Gasteiger partial charge in [-0.05, 0) is 23.4 Å². The molecule has 2 heterocycles. The van der Waals surface area contributed by atoms with Crippen LogP contribution in [0.1, 0.15) is 16.9 Å². The molecule has 0 spiro atoms. The van der Waals surface area contributed by atoms with Crippen molar-refractivity contribution in [3.05, 3.63) is 58.3 Å². The zero-order valence-electron chi connectivity index (χ0n) is 14.3. The minimum Gasteiger partial charge on any atom is -0.445 e. The number of hydrogen-bond acceptors (Lipinski definition) is 4. The third-order valence-corrected chi connectivity index (χ3v) is 5.28. The van der Waals surface area contributed by atoms with Gasteiger partial charge in [-0.15, -0.1) is 11.3 Å². The van der Waals surface area contributed by atoms with Crippen LogP contribution in [-0.2, 0) is 17.9 Å². The number of alkyl halides is 1. The van der Waals surface area contributed by atoms with Gasteiger partial charge in [-0.3, -0.25) is 4.90 Å². The highest BCUT2D eigenvalue weighted by Crippen LogP contribution is 2.25. The van der Waals surface area contributed by atoms with Gasteiger partial charge < -0.3 is 9.64 Å². The molecule has 0 aliphatic carbocycles. The number of likely N-dealkylation sites (N-methyl/N-ethyl adjacent to an activating group) is 1. The lowest BCUT2D eigenvalue weighted by molar-refractivity contribution is 0.0937.